The number of amides is 1. The molecular formula is C22H24N4OS. The number of carbonyl (C=O) groups is 1. The lowest BCUT2D eigenvalue weighted by atomic mass is 10.2. The molecule has 1 aromatic carbocycles. The second-order valence-electron chi connectivity index (χ2n) is 7.06. The van der Waals surface area contributed by atoms with Crippen LogP contribution in [0.25, 0.3) is 16.6 Å². The van der Waals surface area contributed by atoms with Crippen LogP contribution < -0.4 is 0 Å². The molecule has 1 saturated heterocycles. The first-order valence-electron chi connectivity index (χ1n) is 9.50. The number of rotatable bonds is 5. The second-order valence-corrected chi connectivity index (χ2v) is 8.00. The number of piperazine rings is 1. The molecule has 0 atom stereocenters. The van der Waals surface area contributed by atoms with Crippen molar-refractivity contribution >= 4 is 23.3 Å². The summed E-state index contributed by atoms with van der Waals surface area (Å²) in [4.78, 5) is 17.8. The highest BCUT2D eigenvalue weighted by molar-refractivity contribution is 7.13. The Morgan fingerprint density at radius 3 is 2.61 bits per heavy atom. The summed E-state index contributed by atoms with van der Waals surface area (Å²) in [5, 5.41) is 6.84. The van der Waals surface area contributed by atoms with E-state index in [0.29, 0.717) is 6.54 Å². The third-order valence-corrected chi connectivity index (χ3v) is 5.83. The third-order valence-electron chi connectivity index (χ3n) is 4.95. The summed E-state index contributed by atoms with van der Waals surface area (Å²) in [7, 11) is 2.09. The van der Waals surface area contributed by atoms with Gasteiger partial charge in [-0.15, -0.1) is 11.3 Å². The molecule has 1 amide bonds. The fraction of sp³-hybridized carbons (Fsp3) is 0.273. The molecule has 0 N–H and O–H groups in total. The van der Waals surface area contributed by atoms with E-state index in [1.54, 1.807) is 17.4 Å². The van der Waals surface area contributed by atoms with Crippen LogP contribution in [0.15, 0.2) is 60.1 Å². The summed E-state index contributed by atoms with van der Waals surface area (Å²) >= 11 is 1.66. The highest BCUT2D eigenvalue weighted by Crippen LogP contribution is 2.28. The zero-order chi connectivity index (χ0) is 19.3. The van der Waals surface area contributed by atoms with Crippen molar-refractivity contribution in [3.8, 4) is 10.6 Å². The van der Waals surface area contributed by atoms with Gasteiger partial charge in [0.2, 0.25) is 5.91 Å². The van der Waals surface area contributed by atoms with E-state index in [4.69, 9.17) is 5.10 Å². The summed E-state index contributed by atoms with van der Waals surface area (Å²) in [6.07, 6.45) is 5.62. The lowest BCUT2D eigenvalue weighted by Crippen LogP contribution is -2.46. The van der Waals surface area contributed by atoms with Gasteiger partial charge in [0.25, 0.3) is 0 Å². The fourth-order valence-corrected chi connectivity index (χ4v) is 4.04. The van der Waals surface area contributed by atoms with E-state index < -0.39 is 0 Å². The number of aromatic nitrogens is 2. The molecule has 6 heteroatoms. The predicted molar refractivity (Wildman–Crippen MR) is 114 cm³/mol. The highest BCUT2D eigenvalue weighted by atomic mass is 32.1. The number of nitrogens with zero attached hydrogens (tertiary/aromatic N) is 4. The van der Waals surface area contributed by atoms with Gasteiger partial charge in [-0.25, -0.2) is 0 Å². The van der Waals surface area contributed by atoms with E-state index in [2.05, 4.69) is 35.5 Å². The molecule has 144 valence electrons. The van der Waals surface area contributed by atoms with Crippen LogP contribution in [0.1, 0.15) is 11.1 Å². The number of thiophene rings is 1. The van der Waals surface area contributed by atoms with Crippen molar-refractivity contribution in [1.82, 2.24) is 19.6 Å². The molecule has 2 aromatic heterocycles. The van der Waals surface area contributed by atoms with E-state index in [0.717, 1.165) is 42.3 Å². The number of hydrogen-bond acceptors (Lipinski definition) is 4. The first-order chi connectivity index (χ1) is 13.7. The number of benzene rings is 1. The SMILES string of the molecule is CN1CCN(C(=O)/C=C/c2cn(Cc3ccccc3)nc2-c2cccs2)CC1. The lowest BCUT2D eigenvalue weighted by Gasteiger charge is -2.31. The maximum absolute atomic E-state index is 12.6. The minimum absolute atomic E-state index is 0.0704. The van der Waals surface area contributed by atoms with E-state index in [9.17, 15) is 4.79 Å². The molecule has 1 aliphatic rings. The van der Waals surface area contributed by atoms with Crippen molar-refractivity contribution in [2.45, 2.75) is 6.54 Å². The summed E-state index contributed by atoms with van der Waals surface area (Å²) in [5.41, 5.74) is 3.10. The largest absolute Gasteiger partial charge is 0.337 e. The molecule has 3 heterocycles. The predicted octanol–water partition coefficient (Wildman–Crippen LogP) is 3.45. The van der Waals surface area contributed by atoms with Crippen LogP contribution in [0, 0.1) is 0 Å². The Morgan fingerprint density at radius 1 is 1.11 bits per heavy atom. The molecular weight excluding hydrogens is 368 g/mol. The van der Waals surface area contributed by atoms with Gasteiger partial charge in [-0.05, 0) is 30.1 Å². The van der Waals surface area contributed by atoms with Gasteiger partial charge in [0.15, 0.2) is 0 Å². The Kier molecular flexibility index (Phi) is 5.69. The molecule has 1 aliphatic heterocycles. The van der Waals surface area contributed by atoms with Crippen molar-refractivity contribution in [2.75, 3.05) is 33.2 Å². The van der Waals surface area contributed by atoms with Gasteiger partial charge in [-0.1, -0.05) is 36.4 Å². The number of likely N-dealkylation sites (N-methyl/N-ethyl adjacent to an activating group) is 1. The van der Waals surface area contributed by atoms with Crippen LogP contribution in [0.3, 0.4) is 0 Å². The molecule has 5 nitrogen and oxygen atoms in total. The van der Waals surface area contributed by atoms with Crippen LogP contribution in [-0.2, 0) is 11.3 Å². The zero-order valence-electron chi connectivity index (χ0n) is 16.0. The van der Waals surface area contributed by atoms with Crippen LogP contribution in [0.5, 0.6) is 0 Å². The molecule has 0 bridgehead atoms. The standard InChI is InChI=1S/C22H24N4OS/c1-24-11-13-25(14-12-24)21(27)10-9-19-17-26(16-18-6-3-2-4-7-18)23-22(19)20-8-5-15-28-20/h2-10,15,17H,11-14,16H2,1H3/b10-9+. The zero-order valence-corrected chi connectivity index (χ0v) is 16.8. The molecule has 1 fully saturated rings. The van der Waals surface area contributed by atoms with E-state index in [-0.39, 0.29) is 5.91 Å². The Balaban J connectivity index is 1.55. The van der Waals surface area contributed by atoms with Crippen LogP contribution in [-0.4, -0.2) is 58.7 Å². The maximum atomic E-state index is 12.6. The van der Waals surface area contributed by atoms with Gasteiger partial charge in [0, 0.05) is 44.0 Å². The van der Waals surface area contributed by atoms with Gasteiger partial charge in [0.05, 0.1) is 11.4 Å². The summed E-state index contributed by atoms with van der Waals surface area (Å²) < 4.78 is 1.95. The maximum Gasteiger partial charge on any atom is 0.246 e. The highest BCUT2D eigenvalue weighted by Gasteiger charge is 2.17. The van der Waals surface area contributed by atoms with Crippen LogP contribution >= 0.6 is 11.3 Å². The van der Waals surface area contributed by atoms with Gasteiger partial charge < -0.3 is 9.80 Å². The van der Waals surface area contributed by atoms with E-state index >= 15 is 0 Å². The Bertz CT molecular complexity index is 938. The molecule has 0 aliphatic carbocycles. The molecule has 0 spiro atoms. The van der Waals surface area contributed by atoms with Gasteiger partial charge in [-0.2, -0.15) is 5.10 Å². The fourth-order valence-electron chi connectivity index (χ4n) is 3.31. The number of carbonyl (C=O) groups excluding carboxylic acids is 1. The topological polar surface area (TPSA) is 41.4 Å². The van der Waals surface area contributed by atoms with E-state index in [1.165, 1.54) is 5.56 Å². The van der Waals surface area contributed by atoms with Gasteiger partial charge >= 0.3 is 0 Å². The number of hydrogen-bond donors (Lipinski definition) is 0. The van der Waals surface area contributed by atoms with Crippen LogP contribution in [0.4, 0.5) is 0 Å². The Hall–Kier alpha value is -2.70. The first-order valence-corrected chi connectivity index (χ1v) is 10.4. The van der Waals surface area contributed by atoms with E-state index in [1.807, 2.05) is 46.1 Å². The summed E-state index contributed by atoms with van der Waals surface area (Å²) in [6, 6.07) is 14.4. The normalized spacial score (nSPS) is 15.4. The van der Waals surface area contributed by atoms with Crippen molar-refractivity contribution in [2.24, 2.45) is 0 Å². The first kappa shape index (κ1) is 18.7. The van der Waals surface area contributed by atoms with Crippen molar-refractivity contribution in [1.29, 1.82) is 0 Å². The minimum atomic E-state index is 0.0704. The lowest BCUT2D eigenvalue weighted by molar-refractivity contribution is -0.127. The minimum Gasteiger partial charge on any atom is -0.337 e. The van der Waals surface area contributed by atoms with Crippen molar-refractivity contribution < 1.29 is 4.79 Å². The van der Waals surface area contributed by atoms with Crippen molar-refractivity contribution in [3.05, 3.63) is 71.2 Å². The molecule has 28 heavy (non-hydrogen) atoms. The summed E-state index contributed by atoms with van der Waals surface area (Å²) in [6.45, 7) is 4.12. The molecule has 3 aromatic rings. The second kappa shape index (κ2) is 8.54. The monoisotopic (exact) mass is 392 g/mol. The van der Waals surface area contributed by atoms with Gasteiger partial charge in [0.1, 0.15) is 5.69 Å². The average Bonchev–Trinajstić information content (AvgIpc) is 3.37. The average molecular weight is 393 g/mol. The van der Waals surface area contributed by atoms with Crippen LogP contribution in [0.2, 0.25) is 0 Å². The molecule has 0 unspecified atom stereocenters. The quantitative estimate of drug-likeness (QED) is 0.625. The molecule has 4 rings (SSSR count). The van der Waals surface area contributed by atoms with Gasteiger partial charge in [-0.3, -0.25) is 9.48 Å². The Morgan fingerprint density at radius 2 is 1.89 bits per heavy atom. The summed E-state index contributed by atoms with van der Waals surface area (Å²) in [5.74, 6) is 0.0704. The smallest absolute Gasteiger partial charge is 0.246 e. The third kappa shape index (κ3) is 4.40. The molecule has 0 saturated carbocycles. The molecule has 0 radical (unpaired) electrons. The Labute approximate surface area is 169 Å². The van der Waals surface area contributed by atoms with Crippen molar-refractivity contribution in [3.63, 3.8) is 0 Å².